The molecule has 1 spiro atoms. The first kappa shape index (κ1) is 14.9. The lowest BCUT2D eigenvalue weighted by molar-refractivity contribution is -0.000790. The van der Waals surface area contributed by atoms with Crippen LogP contribution in [0.15, 0.2) is 12.1 Å². The molecule has 116 valence electrons. The molecule has 0 aliphatic carbocycles. The third-order valence-corrected chi connectivity index (χ3v) is 5.43. The fourth-order valence-corrected chi connectivity index (χ4v) is 4.41. The van der Waals surface area contributed by atoms with E-state index < -0.39 is 0 Å². The molecule has 1 aromatic heterocycles. The van der Waals surface area contributed by atoms with Gasteiger partial charge < -0.3 is 10.1 Å². The van der Waals surface area contributed by atoms with E-state index >= 15 is 0 Å². The minimum Gasteiger partial charge on any atom is -0.441 e. The fraction of sp³-hybridized carbons (Fsp3) is 0.688. The Morgan fingerprint density at radius 3 is 2.67 bits per heavy atom. The maximum Gasteiger partial charge on any atom is 0.407 e. The molecule has 0 aromatic carbocycles. The molecule has 2 aliphatic rings. The molecule has 0 atom stereocenters. The number of rotatable bonds is 4. The minimum atomic E-state index is -0.250. The average molecular weight is 308 g/mol. The number of likely N-dealkylation sites (tertiary alicyclic amines) is 1. The number of piperidine rings is 1. The van der Waals surface area contributed by atoms with Crippen molar-refractivity contribution in [2.75, 3.05) is 19.6 Å². The second-order valence-corrected chi connectivity index (χ2v) is 7.92. The van der Waals surface area contributed by atoms with Gasteiger partial charge in [-0.25, -0.2) is 4.79 Å². The predicted molar refractivity (Wildman–Crippen MR) is 84.6 cm³/mol. The van der Waals surface area contributed by atoms with Crippen LogP contribution in [0.3, 0.4) is 0 Å². The number of hydrogen-bond acceptors (Lipinski definition) is 4. The highest BCUT2D eigenvalue weighted by atomic mass is 32.1. The van der Waals surface area contributed by atoms with Crippen molar-refractivity contribution in [1.82, 2.24) is 10.2 Å². The van der Waals surface area contributed by atoms with Gasteiger partial charge in [0.25, 0.3) is 0 Å². The predicted octanol–water partition coefficient (Wildman–Crippen LogP) is 3.02. The number of nitrogens with zero attached hydrogens (tertiary/aromatic N) is 1. The van der Waals surface area contributed by atoms with Gasteiger partial charge in [0.05, 0.1) is 6.54 Å². The molecule has 0 saturated carbocycles. The van der Waals surface area contributed by atoms with Gasteiger partial charge in [-0.3, -0.25) is 4.90 Å². The van der Waals surface area contributed by atoms with Gasteiger partial charge in [-0.15, -0.1) is 11.3 Å². The summed E-state index contributed by atoms with van der Waals surface area (Å²) in [7, 11) is 0. The van der Waals surface area contributed by atoms with Crippen LogP contribution in [0.5, 0.6) is 0 Å². The first-order chi connectivity index (χ1) is 10.0. The van der Waals surface area contributed by atoms with Gasteiger partial charge in [0.2, 0.25) is 0 Å². The van der Waals surface area contributed by atoms with Crippen molar-refractivity contribution in [3.63, 3.8) is 0 Å². The van der Waals surface area contributed by atoms with Gasteiger partial charge in [-0.1, -0.05) is 13.8 Å². The topological polar surface area (TPSA) is 41.6 Å². The van der Waals surface area contributed by atoms with E-state index in [1.54, 1.807) is 0 Å². The van der Waals surface area contributed by atoms with E-state index in [1.165, 1.54) is 16.2 Å². The van der Waals surface area contributed by atoms with E-state index in [0.717, 1.165) is 38.4 Å². The van der Waals surface area contributed by atoms with Crippen molar-refractivity contribution >= 4 is 17.4 Å². The second-order valence-electron chi connectivity index (χ2n) is 6.67. The summed E-state index contributed by atoms with van der Waals surface area (Å²) in [6.45, 7) is 8.25. The number of carbonyl (C=O) groups excluding carboxylic acids is 1. The van der Waals surface area contributed by atoms with Crippen molar-refractivity contribution < 1.29 is 9.53 Å². The van der Waals surface area contributed by atoms with E-state index in [4.69, 9.17) is 4.74 Å². The normalized spacial score (nSPS) is 21.8. The van der Waals surface area contributed by atoms with Gasteiger partial charge in [-0.05, 0) is 24.5 Å². The van der Waals surface area contributed by atoms with Crippen LogP contribution < -0.4 is 5.32 Å². The molecule has 0 unspecified atom stereocenters. The standard InChI is InChI=1S/C16H24N2O2S/c1-12(2)9-13-3-4-14(21-13)10-18-7-5-16(6-8-18)11-17-15(19)20-16/h3-4,12H,5-11H2,1-2H3,(H,17,19). The lowest BCUT2D eigenvalue weighted by Gasteiger charge is -2.36. The van der Waals surface area contributed by atoms with Crippen molar-refractivity contribution in [2.45, 2.75) is 45.3 Å². The maximum absolute atomic E-state index is 11.2. The van der Waals surface area contributed by atoms with E-state index in [-0.39, 0.29) is 11.7 Å². The molecular weight excluding hydrogens is 284 g/mol. The van der Waals surface area contributed by atoms with E-state index in [0.29, 0.717) is 6.54 Å². The number of ether oxygens (including phenoxy) is 1. The molecule has 2 aliphatic heterocycles. The lowest BCUT2D eigenvalue weighted by Crippen LogP contribution is -2.46. The molecule has 1 amide bonds. The van der Waals surface area contributed by atoms with Gasteiger partial charge in [0, 0.05) is 42.2 Å². The molecule has 4 nitrogen and oxygen atoms in total. The molecule has 3 heterocycles. The quantitative estimate of drug-likeness (QED) is 0.929. The Kier molecular flexibility index (Phi) is 4.22. The summed E-state index contributed by atoms with van der Waals surface area (Å²) in [5.74, 6) is 0.718. The summed E-state index contributed by atoms with van der Waals surface area (Å²) < 4.78 is 5.46. The van der Waals surface area contributed by atoms with Gasteiger partial charge in [-0.2, -0.15) is 0 Å². The highest BCUT2D eigenvalue weighted by molar-refractivity contribution is 7.11. The third-order valence-electron chi connectivity index (χ3n) is 4.34. The van der Waals surface area contributed by atoms with Crippen molar-refractivity contribution in [2.24, 2.45) is 5.92 Å². The van der Waals surface area contributed by atoms with Crippen LogP contribution in [-0.2, 0) is 17.7 Å². The Morgan fingerprint density at radius 1 is 1.33 bits per heavy atom. The van der Waals surface area contributed by atoms with Gasteiger partial charge in [0.15, 0.2) is 0 Å². The molecule has 1 N–H and O–H groups in total. The monoisotopic (exact) mass is 308 g/mol. The van der Waals surface area contributed by atoms with E-state index in [2.05, 4.69) is 36.2 Å². The molecule has 2 fully saturated rings. The Balaban J connectivity index is 1.51. The zero-order valence-corrected chi connectivity index (χ0v) is 13.7. The van der Waals surface area contributed by atoms with Gasteiger partial charge >= 0.3 is 6.09 Å². The van der Waals surface area contributed by atoms with Crippen molar-refractivity contribution in [3.8, 4) is 0 Å². The second kappa shape index (κ2) is 5.97. The summed E-state index contributed by atoms with van der Waals surface area (Å²) in [5.41, 5.74) is -0.230. The number of amides is 1. The molecule has 1 aromatic rings. The van der Waals surface area contributed by atoms with Gasteiger partial charge in [0.1, 0.15) is 5.60 Å². The number of alkyl carbamates (subject to hydrolysis) is 1. The van der Waals surface area contributed by atoms with Crippen LogP contribution in [-0.4, -0.2) is 36.2 Å². The summed E-state index contributed by atoms with van der Waals surface area (Å²) in [6.07, 6.45) is 2.81. The summed E-state index contributed by atoms with van der Waals surface area (Å²) >= 11 is 1.94. The SMILES string of the molecule is CC(C)Cc1ccc(CN2CCC3(CC2)CNC(=O)O3)s1. The number of thiophene rings is 1. The van der Waals surface area contributed by atoms with Crippen LogP contribution in [0, 0.1) is 5.92 Å². The third kappa shape index (κ3) is 3.58. The summed E-state index contributed by atoms with van der Waals surface area (Å²) in [5, 5.41) is 2.79. The number of hydrogen-bond donors (Lipinski definition) is 1. The first-order valence-corrected chi connectivity index (χ1v) is 8.63. The van der Waals surface area contributed by atoms with E-state index in [1.807, 2.05) is 11.3 Å². The van der Waals surface area contributed by atoms with Crippen LogP contribution in [0.25, 0.3) is 0 Å². The van der Waals surface area contributed by atoms with E-state index in [9.17, 15) is 4.79 Å². The van der Waals surface area contributed by atoms with Crippen LogP contribution in [0.4, 0.5) is 4.79 Å². The molecule has 0 radical (unpaired) electrons. The lowest BCUT2D eigenvalue weighted by atomic mass is 9.92. The Labute approximate surface area is 130 Å². The average Bonchev–Trinajstić information content (AvgIpc) is 3.00. The van der Waals surface area contributed by atoms with Crippen LogP contribution in [0.2, 0.25) is 0 Å². The van der Waals surface area contributed by atoms with Crippen LogP contribution in [0.1, 0.15) is 36.4 Å². The Hall–Kier alpha value is -1.07. The first-order valence-electron chi connectivity index (χ1n) is 7.81. The summed E-state index contributed by atoms with van der Waals surface area (Å²) in [4.78, 5) is 16.6. The number of nitrogens with one attached hydrogen (secondary N) is 1. The smallest absolute Gasteiger partial charge is 0.407 e. The molecule has 2 saturated heterocycles. The Bertz CT molecular complexity index is 504. The highest BCUT2D eigenvalue weighted by Crippen LogP contribution is 2.30. The molecule has 0 bridgehead atoms. The maximum atomic E-state index is 11.2. The molecule has 5 heteroatoms. The fourth-order valence-electron chi connectivity index (χ4n) is 3.14. The zero-order chi connectivity index (χ0) is 14.9. The minimum absolute atomic E-state index is 0.230. The van der Waals surface area contributed by atoms with Crippen molar-refractivity contribution in [3.05, 3.63) is 21.9 Å². The molecular formula is C16H24N2O2S. The Morgan fingerprint density at radius 2 is 2.05 bits per heavy atom. The highest BCUT2D eigenvalue weighted by Gasteiger charge is 2.42. The summed E-state index contributed by atoms with van der Waals surface area (Å²) in [6, 6.07) is 4.54. The number of carbonyl (C=O) groups is 1. The van der Waals surface area contributed by atoms with Crippen LogP contribution >= 0.6 is 11.3 Å². The molecule has 21 heavy (non-hydrogen) atoms. The van der Waals surface area contributed by atoms with Crippen molar-refractivity contribution in [1.29, 1.82) is 0 Å². The zero-order valence-electron chi connectivity index (χ0n) is 12.9. The largest absolute Gasteiger partial charge is 0.441 e. The molecule has 3 rings (SSSR count).